The van der Waals surface area contributed by atoms with E-state index in [2.05, 4.69) is 15.3 Å². The zero-order valence-electron chi connectivity index (χ0n) is 13.7. The quantitative estimate of drug-likeness (QED) is 0.585. The Balaban J connectivity index is 1.59. The summed E-state index contributed by atoms with van der Waals surface area (Å²) in [6.45, 7) is 0. The largest absolute Gasteiger partial charge is 0.349 e. The highest BCUT2D eigenvalue weighted by molar-refractivity contribution is 6.06. The molecule has 124 valence electrons. The minimum absolute atomic E-state index is 0.0189. The van der Waals surface area contributed by atoms with Gasteiger partial charge < -0.3 is 10.3 Å². The highest BCUT2D eigenvalue weighted by Gasteiger charge is 2.18. The van der Waals surface area contributed by atoms with Crippen LogP contribution in [0.4, 0.5) is 0 Å². The number of fused-ring (bicyclic) bond motifs is 4. The number of benzene rings is 2. The van der Waals surface area contributed by atoms with Gasteiger partial charge in [-0.05, 0) is 37.1 Å². The van der Waals surface area contributed by atoms with Crippen LogP contribution in [0.25, 0.3) is 33.1 Å². The molecule has 0 aliphatic heterocycles. The second-order valence-corrected chi connectivity index (χ2v) is 6.75. The summed E-state index contributed by atoms with van der Waals surface area (Å²) in [4.78, 5) is 25.2. The van der Waals surface area contributed by atoms with Gasteiger partial charge in [0.2, 0.25) is 0 Å². The Labute approximate surface area is 144 Å². The molecular formula is C20H18N4O. The van der Waals surface area contributed by atoms with Crippen LogP contribution in [0.2, 0.25) is 0 Å². The molecule has 0 bridgehead atoms. The maximum absolute atomic E-state index is 12.5. The van der Waals surface area contributed by atoms with Crippen LogP contribution in [0.1, 0.15) is 36.0 Å². The van der Waals surface area contributed by atoms with Gasteiger partial charge in [-0.25, -0.2) is 9.97 Å². The molecule has 2 aromatic carbocycles. The van der Waals surface area contributed by atoms with Crippen molar-refractivity contribution in [3.8, 4) is 0 Å². The van der Waals surface area contributed by atoms with Crippen molar-refractivity contribution in [2.75, 3.05) is 0 Å². The molecule has 2 heterocycles. The van der Waals surface area contributed by atoms with E-state index in [1.807, 2.05) is 42.5 Å². The Hall–Kier alpha value is -2.95. The molecule has 5 nitrogen and oxygen atoms in total. The predicted molar refractivity (Wildman–Crippen MR) is 98.6 cm³/mol. The molecule has 0 atom stereocenters. The molecule has 1 aliphatic carbocycles. The molecule has 1 amide bonds. The molecule has 5 heteroatoms. The third-order valence-electron chi connectivity index (χ3n) is 5.05. The summed E-state index contributed by atoms with van der Waals surface area (Å²) in [6.07, 6.45) is 4.56. The van der Waals surface area contributed by atoms with Crippen LogP contribution in [0.15, 0.2) is 42.5 Å². The average Bonchev–Trinajstić information content (AvgIpc) is 3.26. The van der Waals surface area contributed by atoms with E-state index in [1.165, 1.54) is 12.8 Å². The number of rotatable bonds is 2. The molecule has 0 saturated heterocycles. The van der Waals surface area contributed by atoms with Gasteiger partial charge >= 0.3 is 0 Å². The van der Waals surface area contributed by atoms with Crippen molar-refractivity contribution in [2.45, 2.75) is 31.7 Å². The predicted octanol–water partition coefficient (Wildman–Crippen LogP) is 3.94. The molecule has 0 radical (unpaired) electrons. The van der Waals surface area contributed by atoms with Gasteiger partial charge in [0.15, 0.2) is 5.65 Å². The van der Waals surface area contributed by atoms with Crippen LogP contribution in [-0.4, -0.2) is 26.9 Å². The molecule has 1 aliphatic rings. The van der Waals surface area contributed by atoms with Crippen molar-refractivity contribution in [1.82, 2.24) is 20.3 Å². The molecule has 1 saturated carbocycles. The van der Waals surface area contributed by atoms with E-state index in [0.717, 1.165) is 45.9 Å². The molecule has 0 spiro atoms. The Morgan fingerprint density at radius 1 is 1.04 bits per heavy atom. The Kier molecular flexibility index (Phi) is 3.20. The Bertz CT molecular complexity index is 1110. The first-order valence-corrected chi connectivity index (χ1v) is 8.77. The third kappa shape index (κ3) is 2.43. The molecule has 0 unspecified atom stereocenters. The van der Waals surface area contributed by atoms with Crippen LogP contribution in [-0.2, 0) is 0 Å². The number of nitrogens with zero attached hydrogens (tertiary/aromatic N) is 2. The number of H-pyrrole nitrogens is 1. The minimum Gasteiger partial charge on any atom is -0.349 e. The second-order valence-electron chi connectivity index (χ2n) is 6.75. The fraction of sp³-hybridized carbons (Fsp3) is 0.250. The molecular weight excluding hydrogens is 312 g/mol. The summed E-state index contributed by atoms with van der Waals surface area (Å²) < 4.78 is 0. The van der Waals surface area contributed by atoms with Crippen LogP contribution in [0, 0.1) is 0 Å². The highest BCUT2D eigenvalue weighted by atomic mass is 16.1. The fourth-order valence-electron chi connectivity index (χ4n) is 3.74. The van der Waals surface area contributed by atoms with E-state index >= 15 is 0 Å². The van der Waals surface area contributed by atoms with Crippen molar-refractivity contribution < 1.29 is 4.79 Å². The lowest BCUT2D eigenvalue weighted by Gasteiger charge is -2.12. The Morgan fingerprint density at radius 2 is 1.88 bits per heavy atom. The SMILES string of the molecule is O=C(NC1CCCC1)c1ccc2nc3[nH]c4ccccc4c3nc2c1. The zero-order valence-corrected chi connectivity index (χ0v) is 13.7. The second kappa shape index (κ2) is 5.55. The molecule has 1 fully saturated rings. The summed E-state index contributed by atoms with van der Waals surface area (Å²) >= 11 is 0. The number of carbonyl (C=O) groups is 1. The summed E-state index contributed by atoms with van der Waals surface area (Å²) in [7, 11) is 0. The summed E-state index contributed by atoms with van der Waals surface area (Å²) in [5, 5.41) is 4.18. The lowest BCUT2D eigenvalue weighted by molar-refractivity contribution is 0.0938. The van der Waals surface area contributed by atoms with Crippen molar-refractivity contribution in [3.05, 3.63) is 48.0 Å². The molecule has 5 rings (SSSR count). The van der Waals surface area contributed by atoms with Gasteiger partial charge in [-0.2, -0.15) is 0 Å². The maximum Gasteiger partial charge on any atom is 0.251 e. The number of aromatic amines is 1. The van der Waals surface area contributed by atoms with Gasteiger partial charge in [0.05, 0.1) is 11.0 Å². The van der Waals surface area contributed by atoms with E-state index in [-0.39, 0.29) is 5.91 Å². The lowest BCUT2D eigenvalue weighted by atomic mass is 10.1. The molecule has 25 heavy (non-hydrogen) atoms. The van der Waals surface area contributed by atoms with E-state index in [1.54, 1.807) is 0 Å². The van der Waals surface area contributed by atoms with Crippen LogP contribution >= 0.6 is 0 Å². The van der Waals surface area contributed by atoms with Gasteiger partial charge in [0.1, 0.15) is 5.52 Å². The number of aromatic nitrogens is 3. The van der Waals surface area contributed by atoms with Crippen molar-refractivity contribution in [2.24, 2.45) is 0 Å². The maximum atomic E-state index is 12.5. The monoisotopic (exact) mass is 330 g/mol. The van der Waals surface area contributed by atoms with E-state index in [4.69, 9.17) is 4.98 Å². The number of carbonyl (C=O) groups excluding carboxylic acids is 1. The lowest BCUT2D eigenvalue weighted by Crippen LogP contribution is -2.32. The van der Waals surface area contributed by atoms with Gasteiger partial charge in [-0.15, -0.1) is 0 Å². The number of hydrogen-bond donors (Lipinski definition) is 2. The summed E-state index contributed by atoms with van der Waals surface area (Å²) in [5.74, 6) is -0.0189. The topological polar surface area (TPSA) is 70.7 Å². The summed E-state index contributed by atoms with van der Waals surface area (Å²) in [6, 6.07) is 13.9. The minimum atomic E-state index is -0.0189. The van der Waals surface area contributed by atoms with Gasteiger partial charge in [-0.1, -0.05) is 31.0 Å². The van der Waals surface area contributed by atoms with Crippen molar-refractivity contribution in [3.63, 3.8) is 0 Å². The van der Waals surface area contributed by atoms with Gasteiger partial charge in [0, 0.05) is 22.5 Å². The number of hydrogen-bond acceptors (Lipinski definition) is 3. The first kappa shape index (κ1) is 14.4. The van der Waals surface area contributed by atoms with Crippen molar-refractivity contribution >= 4 is 39.0 Å². The van der Waals surface area contributed by atoms with Crippen LogP contribution < -0.4 is 5.32 Å². The van der Waals surface area contributed by atoms with Gasteiger partial charge in [-0.3, -0.25) is 4.79 Å². The van der Waals surface area contributed by atoms with Gasteiger partial charge in [0.25, 0.3) is 5.91 Å². The summed E-state index contributed by atoms with van der Waals surface area (Å²) in [5.41, 5.74) is 4.82. The zero-order chi connectivity index (χ0) is 16.8. The molecule has 2 N–H and O–H groups in total. The highest BCUT2D eigenvalue weighted by Crippen LogP contribution is 2.25. The third-order valence-corrected chi connectivity index (χ3v) is 5.05. The fourth-order valence-corrected chi connectivity index (χ4v) is 3.74. The van der Waals surface area contributed by atoms with E-state index in [0.29, 0.717) is 11.6 Å². The van der Waals surface area contributed by atoms with Crippen LogP contribution in [0.3, 0.4) is 0 Å². The average molecular weight is 330 g/mol. The smallest absolute Gasteiger partial charge is 0.251 e. The Morgan fingerprint density at radius 3 is 2.76 bits per heavy atom. The first-order valence-electron chi connectivity index (χ1n) is 8.77. The van der Waals surface area contributed by atoms with Crippen molar-refractivity contribution in [1.29, 1.82) is 0 Å². The van der Waals surface area contributed by atoms with E-state index < -0.39 is 0 Å². The number of amides is 1. The number of para-hydroxylation sites is 1. The van der Waals surface area contributed by atoms with Crippen LogP contribution in [0.5, 0.6) is 0 Å². The first-order chi connectivity index (χ1) is 12.3. The number of nitrogens with one attached hydrogen (secondary N) is 2. The molecule has 4 aromatic rings. The standard InChI is InChI=1S/C20H18N4O/c25-20(21-13-5-1-2-6-13)12-9-10-16-17(11-12)22-18-14-7-3-4-8-15(14)23-19(18)24-16/h3-4,7-11,13H,1-2,5-6H2,(H,21,25)(H,23,24). The van der Waals surface area contributed by atoms with E-state index in [9.17, 15) is 4.79 Å². The normalized spacial score (nSPS) is 15.4. The molecule has 2 aromatic heterocycles.